The Labute approximate surface area is 160 Å². The number of anilines is 1. The van der Waals surface area contributed by atoms with Crippen LogP contribution in [0.1, 0.15) is 24.8 Å². The van der Waals surface area contributed by atoms with Gasteiger partial charge >= 0.3 is 0 Å². The summed E-state index contributed by atoms with van der Waals surface area (Å²) in [5.74, 6) is -1.59. The molecule has 1 N–H and O–H groups in total. The summed E-state index contributed by atoms with van der Waals surface area (Å²) in [5.41, 5.74) is 0.689. The molecule has 27 heavy (non-hydrogen) atoms. The summed E-state index contributed by atoms with van der Waals surface area (Å²) in [7, 11) is 0. The highest BCUT2D eigenvalue weighted by molar-refractivity contribution is 7.99. The molecule has 1 fully saturated rings. The Kier molecular flexibility index (Phi) is 5.79. The van der Waals surface area contributed by atoms with E-state index >= 15 is 0 Å². The summed E-state index contributed by atoms with van der Waals surface area (Å²) in [6.45, 7) is 3.50. The van der Waals surface area contributed by atoms with Gasteiger partial charge in [0.15, 0.2) is 0 Å². The van der Waals surface area contributed by atoms with Gasteiger partial charge in [-0.3, -0.25) is 9.59 Å². The predicted molar refractivity (Wildman–Crippen MR) is 102 cm³/mol. The predicted octanol–water partition coefficient (Wildman–Crippen LogP) is 4.20. The highest BCUT2D eigenvalue weighted by Gasteiger charge is 2.43. The van der Waals surface area contributed by atoms with E-state index in [2.05, 4.69) is 5.32 Å². The van der Waals surface area contributed by atoms with Crippen molar-refractivity contribution in [2.45, 2.75) is 25.3 Å². The van der Waals surface area contributed by atoms with Gasteiger partial charge in [-0.1, -0.05) is 38.1 Å². The van der Waals surface area contributed by atoms with Crippen LogP contribution < -0.4 is 5.32 Å². The SMILES string of the molecule is CC(C)C(=O)N1C(C(=O)Nc2ccccc2F)CSC1c1cccc(F)c1. The highest BCUT2D eigenvalue weighted by Crippen LogP contribution is 2.42. The number of thioether (sulfide) groups is 1. The second kappa shape index (κ2) is 8.08. The van der Waals surface area contributed by atoms with Crippen LogP contribution in [-0.2, 0) is 9.59 Å². The minimum absolute atomic E-state index is 0.0682. The molecule has 1 heterocycles. The largest absolute Gasteiger partial charge is 0.322 e. The van der Waals surface area contributed by atoms with Gasteiger partial charge in [-0.25, -0.2) is 8.78 Å². The second-order valence-electron chi connectivity index (χ2n) is 6.63. The molecule has 1 aliphatic heterocycles. The van der Waals surface area contributed by atoms with Crippen LogP contribution in [0.4, 0.5) is 14.5 Å². The summed E-state index contributed by atoms with van der Waals surface area (Å²) < 4.78 is 27.5. The number of nitrogens with zero attached hydrogens (tertiary/aromatic N) is 1. The lowest BCUT2D eigenvalue weighted by atomic mass is 10.1. The molecule has 0 radical (unpaired) electrons. The van der Waals surface area contributed by atoms with E-state index in [4.69, 9.17) is 0 Å². The van der Waals surface area contributed by atoms with E-state index in [0.29, 0.717) is 11.3 Å². The Morgan fingerprint density at radius 1 is 1.15 bits per heavy atom. The smallest absolute Gasteiger partial charge is 0.248 e. The third-order valence-corrected chi connectivity index (χ3v) is 5.64. The zero-order valence-corrected chi connectivity index (χ0v) is 15.8. The van der Waals surface area contributed by atoms with Crippen LogP contribution in [-0.4, -0.2) is 28.5 Å². The number of hydrogen-bond acceptors (Lipinski definition) is 3. The van der Waals surface area contributed by atoms with Crippen molar-refractivity contribution in [3.05, 3.63) is 65.7 Å². The van der Waals surface area contributed by atoms with E-state index < -0.39 is 29.0 Å². The minimum Gasteiger partial charge on any atom is -0.322 e. The monoisotopic (exact) mass is 390 g/mol. The number of para-hydroxylation sites is 1. The average Bonchev–Trinajstić information content (AvgIpc) is 3.08. The quantitative estimate of drug-likeness (QED) is 0.851. The van der Waals surface area contributed by atoms with Gasteiger partial charge < -0.3 is 10.2 Å². The summed E-state index contributed by atoms with van der Waals surface area (Å²) in [6, 6.07) is 11.1. The Morgan fingerprint density at radius 3 is 2.56 bits per heavy atom. The molecule has 0 saturated carbocycles. The van der Waals surface area contributed by atoms with Crippen LogP contribution >= 0.6 is 11.8 Å². The van der Waals surface area contributed by atoms with Crippen LogP contribution in [0, 0.1) is 17.6 Å². The molecule has 142 valence electrons. The van der Waals surface area contributed by atoms with Gasteiger partial charge in [0.1, 0.15) is 23.1 Å². The van der Waals surface area contributed by atoms with Crippen LogP contribution in [0.5, 0.6) is 0 Å². The van der Waals surface area contributed by atoms with Crippen molar-refractivity contribution in [1.82, 2.24) is 4.90 Å². The summed E-state index contributed by atoms with van der Waals surface area (Å²) in [5, 5.41) is 2.10. The topological polar surface area (TPSA) is 49.4 Å². The molecule has 0 bridgehead atoms. The van der Waals surface area contributed by atoms with Gasteiger partial charge in [-0.2, -0.15) is 0 Å². The van der Waals surface area contributed by atoms with Gasteiger partial charge in [0.05, 0.1) is 5.69 Å². The zero-order valence-electron chi connectivity index (χ0n) is 15.0. The Bertz CT molecular complexity index is 859. The van der Waals surface area contributed by atoms with E-state index in [-0.39, 0.29) is 17.5 Å². The maximum atomic E-state index is 13.9. The van der Waals surface area contributed by atoms with Crippen molar-refractivity contribution in [1.29, 1.82) is 0 Å². The fraction of sp³-hybridized carbons (Fsp3) is 0.300. The van der Waals surface area contributed by atoms with Crippen LogP contribution in [0.25, 0.3) is 0 Å². The summed E-state index contributed by atoms with van der Waals surface area (Å²) in [4.78, 5) is 27.1. The van der Waals surface area contributed by atoms with Crippen LogP contribution in [0.3, 0.4) is 0 Å². The minimum atomic E-state index is -0.766. The van der Waals surface area contributed by atoms with Gasteiger partial charge in [0.2, 0.25) is 11.8 Å². The molecule has 2 atom stereocenters. The Hall–Kier alpha value is -2.41. The number of rotatable bonds is 4. The summed E-state index contributed by atoms with van der Waals surface area (Å²) in [6.07, 6.45) is 0. The molecule has 1 saturated heterocycles. The molecule has 2 aromatic carbocycles. The van der Waals surface area contributed by atoms with Crippen molar-refractivity contribution in [2.24, 2.45) is 5.92 Å². The van der Waals surface area contributed by atoms with Gasteiger partial charge in [0, 0.05) is 11.7 Å². The van der Waals surface area contributed by atoms with Crippen molar-refractivity contribution in [3.63, 3.8) is 0 Å². The molecular weight excluding hydrogens is 370 g/mol. The number of nitrogens with one attached hydrogen (secondary N) is 1. The molecule has 2 amide bonds. The lowest BCUT2D eigenvalue weighted by molar-refractivity contribution is -0.140. The fourth-order valence-corrected chi connectivity index (χ4v) is 4.40. The number of halogens is 2. The van der Waals surface area contributed by atoms with E-state index in [1.165, 1.54) is 47.0 Å². The molecule has 2 unspecified atom stereocenters. The number of carbonyl (C=O) groups is 2. The van der Waals surface area contributed by atoms with Crippen LogP contribution in [0.2, 0.25) is 0 Å². The first-order valence-electron chi connectivity index (χ1n) is 8.63. The molecule has 2 aromatic rings. The van der Waals surface area contributed by atoms with E-state index in [1.807, 2.05) is 0 Å². The first-order chi connectivity index (χ1) is 12.9. The first kappa shape index (κ1) is 19.4. The third kappa shape index (κ3) is 4.13. The van der Waals surface area contributed by atoms with Gasteiger partial charge in [-0.15, -0.1) is 11.8 Å². The second-order valence-corrected chi connectivity index (χ2v) is 7.74. The highest BCUT2D eigenvalue weighted by atomic mass is 32.2. The average molecular weight is 390 g/mol. The normalized spacial score (nSPS) is 19.4. The lowest BCUT2D eigenvalue weighted by Crippen LogP contribution is -2.47. The summed E-state index contributed by atoms with van der Waals surface area (Å²) >= 11 is 1.39. The molecule has 0 spiro atoms. The van der Waals surface area contributed by atoms with Crippen LogP contribution in [0.15, 0.2) is 48.5 Å². The number of benzene rings is 2. The number of amides is 2. The zero-order chi connectivity index (χ0) is 19.6. The molecular formula is C20H20F2N2O2S. The first-order valence-corrected chi connectivity index (χ1v) is 9.68. The maximum absolute atomic E-state index is 13.9. The molecule has 4 nitrogen and oxygen atoms in total. The van der Waals surface area contributed by atoms with Gasteiger partial charge in [0.25, 0.3) is 0 Å². The van der Waals surface area contributed by atoms with Crippen molar-refractivity contribution in [2.75, 3.05) is 11.1 Å². The molecule has 7 heteroatoms. The van der Waals surface area contributed by atoms with E-state index in [9.17, 15) is 18.4 Å². The number of carbonyl (C=O) groups excluding carboxylic acids is 2. The van der Waals surface area contributed by atoms with Crippen molar-refractivity contribution >= 4 is 29.3 Å². The van der Waals surface area contributed by atoms with E-state index in [0.717, 1.165) is 0 Å². The molecule has 0 aromatic heterocycles. The number of hydrogen-bond donors (Lipinski definition) is 1. The third-order valence-electron chi connectivity index (χ3n) is 4.32. The fourth-order valence-electron chi connectivity index (χ4n) is 2.97. The Balaban J connectivity index is 1.89. The maximum Gasteiger partial charge on any atom is 0.248 e. The molecule has 0 aliphatic carbocycles. The van der Waals surface area contributed by atoms with Crippen molar-refractivity contribution in [3.8, 4) is 0 Å². The lowest BCUT2D eigenvalue weighted by Gasteiger charge is -2.30. The van der Waals surface area contributed by atoms with Gasteiger partial charge in [-0.05, 0) is 29.8 Å². The molecule has 1 aliphatic rings. The Morgan fingerprint density at radius 2 is 1.89 bits per heavy atom. The molecule has 3 rings (SSSR count). The van der Waals surface area contributed by atoms with E-state index in [1.54, 1.807) is 32.0 Å². The van der Waals surface area contributed by atoms with Crippen molar-refractivity contribution < 1.29 is 18.4 Å². The standard InChI is InChI=1S/C20H20F2N2O2S/c1-12(2)19(26)24-17(18(25)23-16-9-4-3-8-15(16)22)11-27-20(24)13-6-5-7-14(21)10-13/h3-10,12,17,20H,11H2,1-2H3,(H,23,25).